The molecule has 0 amide bonds. The third-order valence-electron chi connectivity index (χ3n) is 1.10. The summed E-state index contributed by atoms with van der Waals surface area (Å²) < 4.78 is 0. The molecule has 1 atom stereocenters. The van der Waals surface area contributed by atoms with E-state index in [1.165, 1.54) is 12.1 Å². The van der Waals surface area contributed by atoms with E-state index in [0.717, 1.165) is 0 Å². The van der Waals surface area contributed by atoms with Crippen LogP contribution < -0.4 is 5.56 Å². The smallest absolute Gasteiger partial charge is 0.264 e. The molecule has 0 bridgehead atoms. The third-order valence-corrected chi connectivity index (χ3v) is 1.79. The molecule has 5 heteroatoms. The predicted octanol–water partition coefficient (Wildman–Crippen LogP) is 0.405. The molecule has 0 aliphatic carbocycles. The Morgan fingerprint density at radius 1 is 1.64 bits per heavy atom. The Bertz CT molecular complexity index is 289. The van der Waals surface area contributed by atoms with Crippen molar-refractivity contribution in [3.63, 3.8) is 0 Å². The molecule has 1 N–H and O–H groups in total. The molecule has 58 valence electrons. The second kappa shape index (κ2) is 3.43. The average molecular weight is 217 g/mol. The van der Waals surface area contributed by atoms with Gasteiger partial charge in [0, 0.05) is 6.07 Å². The number of nitrogens with zero attached hydrogens (tertiary/aromatic N) is 1. The first kappa shape index (κ1) is 8.13. The lowest BCUT2D eigenvalue weighted by molar-refractivity contribution is -0.107. The Morgan fingerprint density at radius 2 is 2.36 bits per heavy atom. The number of halogens is 1. The second-order valence-corrected chi connectivity index (χ2v) is 2.87. The number of aromatic amines is 1. The molecule has 0 saturated heterocycles. The summed E-state index contributed by atoms with van der Waals surface area (Å²) >= 11 is 3.06. The van der Waals surface area contributed by atoms with E-state index in [1.807, 2.05) is 0 Å². The molecular weight excluding hydrogens is 212 g/mol. The molecule has 0 spiro atoms. The number of rotatable bonds is 2. The summed E-state index contributed by atoms with van der Waals surface area (Å²) in [5.41, 5.74) is 0.221. The number of H-pyrrole nitrogens is 1. The van der Waals surface area contributed by atoms with Crippen LogP contribution in [0, 0.1) is 0 Å². The average Bonchev–Trinajstić information content (AvgIpc) is 2.05. The summed E-state index contributed by atoms with van der Waals surface area (Å²) in [6.45, 7) is 0. The highest BCUT2D eigenvalue weighted by atomic mass is 79.9. The van der Waals surface area contributed by atoms with E-state index in [-0.39, 0.29) is 5.56 Å². The van der Waals surface area contributed by atoms with Crippen molar-refractivity contribution in [2.24, 2.45) is 0 Å². The van der Waals surface area contributed by atoms with Gasteiger partial charge in [-0.05, 0) is 6.07 Å². The monoisotopic (exact) mass is 216 g/mol. The molecule has 11 heavy (non-hydrogen) atoms. The van der Waals surface area contributed by atoms with Gasteiger partial charge in [-0.2, -0.15) is 5.10 Å². The lowest BCUT2D eigenvalue weighted by Gasteiger charge is -1.97. The van der Waals surface area contributed by atoms with Gasteiger partial charge in [-0.3, -0.25) is 4.79 Å². The SMILES string of the molecule is O=CC(Br)c1ccc(=O)[nH]n1. The van der Waals surface area contributed by atoms with Crippen LogP contribution in [-0.2, 0) is 4.79 Å². The van der Waals surface area contributed by atoms with Crippen molar-refractivity contribution in [2.45, 2.75) is 4.83 Å². The number of aldehydes is 1. The fourth-order valence-electron chi connectivity index (χ4n) is 0.579. The zero-order valence-corrected chi connectivity index (χ0v) is 7.04. The fraction of sp³-hybridized carbons (Fsp3) is 0.167. The van der Waals surface area contributed by atoms with Crippen molar-refractivity contribution >= 4 is 22.2 Å². The number of carbonyl (C=O) groups excluding carboxylic acids is 1. The molecule has 0 aliphatic rings. The van der Waals surface area contributed by atoms with Crippen molar-refractivity contribution in [1.82, 2.24) is 10.2 Å². The van der Waals surface area contributed by atoms with Crippen LogP contribution >= 0.6 is 15.9 Å². The molecule has 1 aromatic heterocycles. The standard InChI is InChI=1S/C6H5BrN2O2/c7-4(3-10)5-1-2-6(11)9-8-5/h1-4H,(H,9,11). The molecular formula is C6H5BrN2O2. The van der Waals surface area contributed by atoms with Crippen molar-refractivity contribution < 1.29 is 4.79 Å². The molecule has 0 aromatic carbocycles. The van der Waals surface area contributed by atoms with Gasteiger partial charge in [0.05, 0.1) is 5.69 Å². The Hall–Kier alpha value is -0.970. The number of hydrogen-bond acceptors (Lipinski definition) is 3. The number of hydrogen-bond donors (Lipinski definition) is 1. The van der Waals surface area contributed by atoms with Gasteiger partial charge in [0.2, 0.25) is 0 Å². The number of carbonyl (C=O) groups is 1. The van der Waals surface area contributed by atoms with E-state index in [0.29, 0.717) is 12.0 Å². The topological polar surface area (TPSA) is 62.8 Å². The minimum Gasteiger partial charge on any atom is -0.302 e. The highest BCUT2D eigenvalue weighted by molar-refractivity contribution is 9.09. The van der Waals surface area contributed by atoms with Gasteiger partial charge < -0.3 is 4.79 Å². The molecule has 4 nitrogen and oxygen atoms in total. The zero-order chi connectivity index (χ0) is 8.27. The molecule has 0 fully saturated rings. The van der Waals surface area contributed by atoms with E-state index >= 15 is 0 Å². The Balaban J connectivity index is 2.98. The van der Waals surface area contributed by atoms with Crippen molar-refractivity contribution in [1.29, 1.82) is 0 Å². The molecule has 1 aromatic rings. The van der Waals surface area contributed by atoms with E-state index in [4.69, 9.17) is 0 Å². The summed E-state index contributed by atoms with van der Waals surface area (Å²) in [7, 11) is 0. The maximum absolute atomic E-state index is 10.5. The predicted molar refractivity (Wildman–Crippen MR) is 42.6 cm³/mol. The van der Waals surface area contributed by atoms with Crippen molar-refractivity contribution in [3.05, 3.63) is 28.2 Å². The van der Waals surface area contributed by atoms with Gasteiger partial charge >= 0.3 is 0 Å². The van der Waals surface area contributed by atoms with Crippen LogP contribution in [0.15, 0.2) is 16.9 Å². The molecule has 1 unspecified atom stereocenters. The minimum absolute atomic E-state index is 0.278. The van der Waals surface area contributed by atoms with Crippen molar-refractivity contribution in [2.75, 3.05) is 0 Å². The Labute approximate surface area is 70.8 Å². The number of nitrogens with one attached hydrogen (secondary N) is 1. The summed E-state index contributed by atoms with van der Waals surface area (Å²) in [5, 5.41) is 5.85. The van der Waals surface area contributed by atoms with Crippen LogP contribution in [0.4, 0.5) is 0 Å². The minimum atomic E-state index is -0.445. The molecule has 0 saturated carbocycles. The summed E-state index contributed by atoms with van der Waals surface area (Å²) in [6, 6.07) is 2.81. The maximum Gasteiger partial charge on any atom is 0.264 e. The zero-order valence-electron chi connectivity index (χ0n) is 5.45. The third kappa shape index (κ3) is 1.98. The summed E-state index contributed by atoms with van der Waals surface area (Å²) in [5.74, 6) is 0. The van der Waals surface area contributed by atoms with Crippen LogP contribution in [0.5, 0.6) is 0 Å². The maximum atomic E-state index is 10.5. The van der Waals surface area contributed by atoms with Gasteiger partial charge in [-0.1, -0.05) is 15.9 Å². The van der Waals surface area contributed by atoms with Crippen LogP contribution in [0.25, 0.3) is 0 Å². The Kier molecular flexibility index (Phi) is 2.53. The highest BCUT2D eigenvalue weighted by Crippen LogP contribution is 2.14. The first-order chi connectivity index (χ1) is 5.24. The van der Waals surface area contributed by atoms with E-state index < -0.39 is 4.83 Å². The lowest BCUT2D eigenvalue weighted by atomic mass is 10.3. The number of alkyl halides is 1. The van der Waals surface area contributed by atoms with Crippen LogP contribution in [-0.4, -0.2) is 16.5 Å². The van der Waals surface area contributed by atoms with E-state index in [1.54, 1.807) is 0 Å². The number of aromatic nitrogens is 2. The molecule has 1 rings (SSSR count). The second-order valence-electron chi connectivity index (χ2n) is 1.88. The van der Waals surface area contributed by atoms with Crippen LogP contribution in [0.3, 0.4) is 0 Å². The summed E-state index contributed by atoms with van der Waals surface area (Å²) in [4.78, 5) is 20.3. The summed E-state index contributed by atoms with van der Waals surface area (Å²) in [6.07, 6.45) is 0.695. The quantitative estimate of drug-likeness (QED) is 0.576. The van der Waals surface area contributed by atoms with Gasteiger partial charge in [0.1, 0.15) is 11.1 Å². The van der Waals surface area contributed by atoms with Crippen molar-refractivity contribution in [3.8, 4) is 0 Å². The Morgan fingerprint density at radius 3 is 2.82 bits per heavy atom. The van der Waals surface area contributed by atoms with Gasteiger partial charge in [0.15, 0.2) is 0 Å². The molecule has 1 heterocycles. The fourth-order valence-corrected chi connectivity index (χ4v) is 0.834. The normalized spacial score (nSPS) is 12.5. The first-order valence-corrected chi connectivity index (χ1v) is 3.80. The first-order valence-electron chi connectivity index (χ1n) is 2.89. The molecule has 0 aliphatic heterocycles. The van der Waals surface area contributed by atoms with Crippen LogP contribution in [0.2, 0.25) is 0 Å². The van der Waals surface area contributed by atoms with E-state index in [9.17, 15) is 9.59 Å². The lowest BCUT2D eigenvalue weighted by Crippen LogP contribution is -2.08. The van der Waals surface area contributed by atoms with Gasteiger partial charge in [0.25, 0.3) is 5.56 Å². The van der Waals surface area contributed by atoms with Gasteiger partial charge in [-0.25, -0.2) is 5.10 Å². The molecule has 0 radical (unpaired) electrons. The van der Waals surface area contributed by atoms with E-state index in [2.05, 4.69) is 26.1 Å². The highest BCUT2D eigenvalue weighted by Gasteiger charge is 2.05. The van der Waals surface area contributed by atoms with Gasteiger partial charge in [-0.15, -0.1) is 0 Å². The largest absolute Gasteiger partial charge is 0.302 e. The van der Waals surface area contributed by atoms with Crippen LogP contribution in [0.1, 0.15) is 10.5 Å².